The second kappa shape index (κ2) is 5.95. The Hall–Kier alpha value is -2.43. The van der Waals surface area contributed by atoms with E-state index in [0.29, 0.717) is 18.8 Å². The molecule has 0 saturated heterocycles. The van der Waals surface area contributed by atoms with Crippen LogP contribution in [0.15, 0.2) is 48.7 Å². The van der Waals surface area contributed by atoms with Crippen molar-refractivity contribution in [2.75, 3.05) is 11.4 Å². The van der Waals surface area contributed by atoms with Crippen LogP contribution in [0.4, 0.5) is 11.4 Å². The monoisotopic (exact) mass is 257 g/mol. The highest BCUT2D eigenvalue weighted by molar-refractivity contribution is 5.63. The zero-order chi connectivity index (χ0) is 13.7. The number of aromatic nitrogens is 1. The van der Waals surface area contributed by atoms with E-state index in [1.165, 1.54) is 6.07 Å². The molecular formula is C14H15N3O2. The van der Waals surface area contributed by atoms with Crippen LogP contribution >= 0.6 is 0 Å². The van der Waals surface area contributed by atoms with E-state index < -0.39 is 0 Å². The van der Waals surface area contributed by atoms with Crippen molar-refractivity contribution < 1.29 is 4.92 Å². The van der Waals surface area contributed by atoms with Crippen molar-refractivity contribution >= 4 is 11.4 Å². The van der Waals surface area contributed by atoms with Crippen molar-refractivity contribution in [1.29, 1.82) is 0 Å². The molecule has 1 heterocycles. The molecule has 0 aliphatic rings. The number of nitro groups is 1. The highest BCUT2D eigenvalue weighted by Crippen LogP contribution is 2.28. The van der Waals surface area contributed by atoms with Gasteiger partial charge in [-0.15, -0.1) is 0 Å². The lowest BCUT2D eigenvalue weighted by molar-refractivity contribution is -0.384. The second-order valence-corrected chi connectivity index (χ2v) is 4.08. The zero-order valence-corrected chi connectivity index (χ0v) is 10.7. The average molecular weight is 257 g/mol. The molecule has 0 bridgehead atoms. The first-order valence-electron chi connectivity index (χ1n) is 6.10. The van der Waals surface area contributed by atoms with Crippen molar-refractivity contribution in [3.63, 3.8) is 0 Å². The summed E-state index contributed by atoms with van der Waals surface area (Å²) in [6.07, 6.45) is 1.72. The Kier molecular flexibility index (Phi) is 4.07. The lowest BCUT2D eigenvalue weighted by Crippen LogP contribution is -2.23. The van der Waals surface area contributed by atoms with Gasteiger partial charge in [0.05, 0.1) is 17.2 Å². The smallest absolute Gasteiger partial charge is 0.292 e. The molecular weight excluding hydrogens is 242 g/mol. The number of rotatable bonds is 5. The van der Waals surface area contributed by atoms with Gasteiger partial charge in [0, 0.05) is 18.8 Å². The van der Waals surface area contributed by atoms with Crippen molar-refractivity contribution in [2.24, 2.45) is 0 Å². The largest absolute Gasteiger partial charge is 0.360 e. The minimum absolute atomic E-state index is 0.125. The number of para-hydroxylation sites is 2. The van der Waals surface area contributed by atoms with E-state index >= 15 is 0 Å². The topological polar surface area (TPSA) is 59.3 Å². The summed E-state index contributed by atoms with van der Waals surface area (Å²) in [5.41, 5.74) is 1.64. The Morgan fingerprint density at radius 1 is 1.21 bits per heavy atom. The molecule has 0 amide bonds. The molecule has 0 aliphatic carbocycles. The van der Waals surface area contributed by atoms with Gasteiger partial charge in [0.15, 0.2) is 0 Å². The molecule has 0 fully saturated rings. The third kappa shape index (κ3) is 3.07. The maximum absolute atomic E-state index is 11.1. The normalized spacial score (nSPS) is 10.2. The van der Waals surface area contributed by atoms with E-state index in [9.17, 15) is 10.1 Å². The molecule has 1 aromatic carbocycles. The standard InChI is InChI=1S/C14H15N3O2/c1-2-16(11-12-7-5-6-10-15-12)13-8-3-4-9-14(13)17(18)19/h3-10H,2,11H2,1H3. The first-order chi connectivity index (χ1) is 9.22. The Labute approximate surface area is 111 Å². The van der Waals surface area contributed by atoms with Gasteiger partial charge in [0.25, 0.3) is 5.69 Å². The Bertz CT molecular complexity index is 558. The number of hydrogen-bond acceptors (Lipinski definition) is 4. The summed E-state index contributed by atoms with van der Waals surface area (Å²) >= 11 is 0. The average Bonchev–Trinajstić information content (AvgIpc) is 2.46. The van der Waals surface area contributed by atoms with E-state index in [1.807, 2.05) is 36.1 Å². The van der Waals surface area contributed by atoms with Gasteiger partial charge >= 0.3 is 0 Å². The van der Waals surface area contributed by atoms with Gasteiger partial charge in [-0.05, 0) is 25.1 Å². The first kappa shape index (κ1) is 13.0. The van der Waals surface area contributed by atoms with Crippen molar-refractivity contribution in [1.82, 2.24) is 4.98 Å². The molecule has 5 nitrogen and oxygen atoms in total. The Balaban J connectivity index is 2.30. The third-order valence-corrected chi connectivity index (χ3v) is 2.88. The lowest BCUT2D eigenvalue weighted by atomic mass is 10.2. The molecule has 5 heteroatoms. The molecule has 1 aromatic heterocycles. The van der Waals surface area contributed by atoms with Crippen molar-refractivity contribution in [3.8, 4) is 0 Å². The molecule has 0 N–H and O–H groups in total. The van der Waals surface area contributed by atoms with Crippen LogP contribution in [-0.4, -0.2) is 16.5 Å². The fourth-order valence-electron chi connectivity index (χ4n) is 1.94. The maximum Gasteiger partial charge on any atom is 0.292 e. The van der Waals surface area contributed by atoms with Gasteiger partial charge in [0.1, 0.15) is 5.69 Å². The summed E-state index contributed by atoms with van der Waals surface area (Å²) in [4.78, 5) is 16.9. The van der Waals surface area contributed by atoms with Gasteiger partial charge in [-0.1, -0.05) is 18.2 Å². The highest BCUT2D eigenvalue weighted by Gasteiger charge is 2.17. The molecule has 2 rings (SSSR count). The maximum atomic E-state index is 11.1. The summed E-state index contributed by atoms with van der Waals surface area (Å²) < 4.78 is 0. The van der Waals surface area contributed by atoms with Gasteiger partial charge in [-0.25, -0.2) is 0 Å². The van der Waals surface area contributed by atoms with Gasteiger partial charge < -0.3 is 4.90 Å². The fraction of sp³-hybridized carbons (Fsp3) is 0.214. The fourth-order valence-corrected chi connectivity index (χ4v) is 1.94. The molecule has 0 aliphatic heterocycles. The number of benzene rings is 1. The number of hydrogen-bond donors (Lipinski definition) is 0. The van der Waals surface area contributed by atoms with Crippen LogP contribution in [0.1, 0.15) is 12.6 Å². The Morgan fingerprint density at radius 3 is 2.58 bits per heavy atom. The van der Waals surface area contributed by atoms with Crippen LogP contribution in [0.25, 0.3) is 0 Å². The SMILES string of the molecule is CCN(Cc1ccccn1)c1ccccc1[N+](=O)[O-]. The minimum atomic E-state index is -0.351. The molecule has 0 atom stereocenters. The van der Waals surface area contributed by atoms with Gasteiger partial charge in [-0.3, -0.25) is 15.1 Å². The third-order valence-electron chi connectivity index (χ3n) is 2.88. The number of pyridine rings is 1. The van der Waals surface area contributed by atoms with Crippen LogP contribution in [0.2, 0.25) is 0 Å². The highest BCUT2D eigenvalue weighted by atomic mass is 16.6. The molecule has 0 spiro atoms. The summed E-state index contributed by atoms with van der Waals surface area (Å²) in [7, 11) is 0. The zero-order valence-electron chi connectivity index (χ0n) is 10.7. The van der Waals surface area contributed by atoms with E-state index in [2.05, 4.69) is 4.98 Å². The number of nitro benzene ring substituents is 1. The molecule has 0 unspecified atom stereocenters. The number of nitrogens with zero attached hydrogens (tertiary/aromatic N) is 3. The predicted octanol–water partition coefficient (Wildman–Crippen LogP) is 3.02. The van der Waals surface area contributed by atoms with Crippen LogP contribution < -0.4 is 4.90 Å². The second-order valence-electron chi connectivity index (χ2n) is 4.08. The first-order valence-corrected chi connectivity index (χ1v) is 6.10. The van der Waals surface area contributed by atoms with E-state index in [1.54, 1.807) is 18.3 Å². The van der Waals surface area contributed by atoms with Gasteiger partial charge in [0.2, 0.25) is 0 Å². The minimum Gasteiger partial charge on any atom is -0.360 e. The van der Waals surface area contributed by atoms with E-state index in [0.717, 1.165) is 5.69 Å². The van der Waals surface area contributed by atoms with E-state index in [-0.39, 0.29) is 10.6 Å². The van der Waals surface area contributed by atoms with Crippen LogP contribution in [0, 0.1) is 10.1 Å². The van der Waals surface area contributed by atoms with Crippen LogP contribution in [-0.2, 0) is 6.54 Å². The quantitative estimate of drug-likeness (QED) is 0.610. The summed E-state index contributed by atoms with van der Waals surface area (Å²) in [5, 5.41) is 11.1. The molecule has 0 radical (unpaired) electrons. The van der Waals surface area contributed by atoms with Crippen molar-refractivity contribution in [3.05, 3.63) is 64.5 Å². The molecule has 0 saturated carbocycles. The molecule has 98 valence electrons. The van der Waals surface area contributed by atoms with Crippen LogP contribution in [0.5, 0.6) is 0 Å². The molecule has 2 aromatic rings. The number of anilines is 1. The van der Waals surface area contributed by atoms with Gasteiger partial charge in [-0.2, -0.15) is 0 Å². The van der Waals surface area contributed by atoms with Crippen molar-refractivity contribution in [2.45, 2.75) is 13.5 Å². The Morgan fingerprint density at radius 2 is 1.95 bits per heavy atom. The summed E-state index contributed by atoms with van der Waals surface area (Å²) in [5.74, 6) is 0. The summed E-state index contributed by atoms with van der Waals surface area (Å²) in [6, 6.07) is 12.5. The lowest BCUT2D eigenvalue weighted by Gasteiger charge is -2.22. The van der Waals surface area contributed by atoms with Crippen LogP contribution in [0.3, 0.4) is 0 Å². The predicted molar refractivity (Wildman–Crippen MR) is 74.1 cm³/mol. The van der Waals surface area contributed by atoms with E-state index in [4.69, 9.17) is 0 Å². The summed E-state index contributed by atoms with van der Waals surface area (Å²) in [6.45, 7) is 3.21. The molecule has 19 heavy (non-hydrogen) atoms.